The van der Waals surface area contributed by atoms with Crippen LogP contribution in [0.2, 0.25) is 0 Å². The van der Waals surface area contributed by atoms with Crippen LogP contribution >= 0.6 is 37.4 Å². The van der Waals surface area contributed by atoms with Gasteiger partial charge < -0.3 is 0 Å². The SMILES string of the molecule is CC(C)(C)C1=P[C@]2(C(C)(C)C)[P@]3[P@]4P[C@]2(C(C)(C)C)[P@]1(=S)[C@@]34C(C)(C)C. The molecule has 0 N–H and O–H groups in total. The van der Waals surface area contributed by atoms with Crippen molar-refractivity contribution in [2.75, 3.05) is 0 Å². The van der Waals surface area contributed by atoms with Crippen LogP contribution in [0.3, 0.4) is 0 Å². The molecule has 6 bridgehead atoms. The predicted octanol–water partition coefficient (Wildman–Crippen LogP) is 9.30. The molecule has 26 heavy (non-hydrogen) atoms. The summed E-state index contributed by atoms with van der Waals surface area (Å²) in [5.74, 6) is 0. The highest BCUT2D eigenvalue weighted by molar-refractivity contribution is 8.82. The Balaban J connectivity index is 2.18. The van der Waals surface area contributed by atoms with Gasteiger partial charge >= 0.3 is 0 Å². The lowest BCUT2D eigenvalue weighted by Gasteiger charge is -2.54. The van der Waals surface area contributed by atoms with Crippen LogP contribution in [-0.2, 0) is 11.8 Å². The van der Waals surface area contributed by atoms with Crippen molar-refractivity contribution < 1.29 is 0 Å². The molecule has 0 nitrogen and oxygen atoms in total. The van der Waals surface area contributed by atoms with Crippen molar-refractivity contribution in [2.24, 2.45) is 21.7 Å². The van der Waals surface area contributed by atoms with Gasteiger partial charge in [0.15, 0.2) is 0 Å². The molecule has 5 heterocycles. The average molecular weight is 464 g/mol. The molecule has 1 unspecified atom stereocenters. The van der Waals surface area contributed by atoms with Crippen molar-refractivity contribution >= 4 is 54.3 Å². The summed E-state index contributed by atoms with van der Waals surface area (Å²) >= 11 is 7.18. The van der Waals surface area contributed by atoms with E-state index in [1.54, 1.807) is 8.20 Å². The van der Waals surface area contributed by atoms with Gasteiger partial charge in [-0.05, 0) is 41.6 Å². The first-order chi connectivity index (χ1) is 11.3. The van der Waals surface area contributed by atoms with Crippen molar-refractivity contribution in [3.63, 3.8) is 0 Å². The molecule has 0 saturated carbocycles. The van der Waals surface area contributed by atoms with Gasteiger partial charge in [-0.25, -0.2) is 0 Å². The second-order valence-corrected chi connectivity index (χ2v) is 30.8. The van der Waals surface area contributed by atoms with Gasteiger partial charge in [0.25, 0.3) is 0 Å². The summed E-state index contributed by atoms with van der Waals surface area (Å²) in [5.41, 5.74) is 1.34. The van der Waals surface area contributed by atoms with Crippen LogP contribution in [0.25, 0.3) is 0 Å². The van der Waals surface area contributed by atoms with Crippen LogP contribution in [0.1, 0.15) is 83.1 Å². The summed E-state index contributed by atoms with van der Waals surface area (Å²) in [6, 6.07) is -1.60. The van der Waals surface area contributed by atoms with E-state index in [0.29, 0.717) is 30.7 Å². The maximum absolute atomic E-state index is 7.18. The van der Waals surface area contributed by atoms with Gasteiger partial charge in [-0.15, -0.1) is 0 Å². The van der Waals surface area contributed by atoms with E-state index in [0.717, 1.165) is 0 Å². The van der Waals surface area contributed by atoms with Crippen LogP contribution < -0.4 is 0 Å². The van der Waals surface area contributed by atoms with Gasteiger partial charge in [0.05, 0.1) is 9.54 Å². The zero-order valence-corrected chi connectivity index (χ0v) is 24.1. The number of hydrogen-bond acceptors (Lipinski definition) is 1. The van der Waals surface area contributed by atoms with Gasteiger partial charge in [0.2, 0.25) is 0 Å². The average Bonchev–Trinajstić information content (AvgIpc) is 2.62. The largest absolute Gasteiger partial charge is 0.0901 e. The van der Waals surface area contributed by atoms with E-state index in [-0.39, 0.29) is 20.3 Å². The minimum Gasteiger partial charge on any atom is -0.0901 e. The van der Waals surface area contributed by atoms with E-state index in [2.05, 4.69) is 83.1 Å². The van der Waals surface area contributed by atoms with E-state index in [1.807, 2.05) is 5.03 Å². The fraction of sp³-hybridized carbons (Fsp3) is 0.950. The fourth-order valence-corrected chi connectivity index (χ4v) is 67.9. The van der Waals surface area contributed by atoms with Crippen molar-refractivity contribution in [3.8, 4) is 0 Å². The Hall–Kier alpha value is 2.11. The third kappa shape index (κ3) is 1.71. The Morgan fingerprint density at radius 3 is 1.65 bits per heavy atom. The third-order valence-corrected chi connectivity index (χ3v) is 44.0. The summed E-state index contributed by atoms with van der Waals surface area (Å²) < 4.78 is 0.576. The van der Waals surface area contributed by atoms with Crippen LogP contribution in [0.15, 0.2) is 0 Å². The number of rotatable bonds is 0. The Labute approximate surface area is 173 Å². The van der Waals surface area contributed by atoms with E-state index >= 15 is 0 Å². The van der Waals surface area contributed by atoms with Crippen molar-refractivity contribution in [3.05, 3.63) is 0 Å². The van der Waals surface area contributed by atoms with Gasteiger partial charge in [-0.1, -0.05) is 111 Å². The Bertz CT molecular complexity index is 787. The highest BCUT2D eigenvalue weighted by Gasteiger charge is 3.03. The molecule has 4 saturated heterocycles. The van der Waals surface area contributed by atoms with Crippen molar-refractivity contribution in [1.82, 2.24) is 0 Å². The normalized spacial score (nSPS) is 51.2. The Morgan fingerprint density at radius 1 is 0.846 bits per heavy atom. The van der Waals surface area contributed by atoms with E-state index in [4.69, 9.17) is 11.8 Å². The van der Waals surface area contributed by atoms with Crippen LogP contribution in [0.5, 0.6) is 0 Å². The van der Waals surface area contributed by atoms with Crippen molar-refractivity contribution in [2.45, 2.75) is 97.5 Å². The van der Waals surface area contributed by atoms with Gasteiger partial charge in [-0.2, -0.15) is 0 Å². The molecule has 0 aliphatic carbocycles. The summed E-state index contributed by atoms with van der Waals surface area (Å²) in [5, 5.41) is 1.86. The molecule has 5 aliphatic heterocycles. The molecular weight excluding hydrogens is 427 g/mol. The molecule has 5 rings (SSSR count). The van der Waals surface area contributed by atoms with E-state index in [1.165, 1.54) is 8.27 Å². The zero-order valence-electron chi connectivity index (χ0n) is 18.7. The smallest absolute Gasteiger partial charge is 0.0619 e. The van der Waals surface area contributed by atoms with Crippen LogP contribution in [0.4, 0.5) is 0 Å². The molecule has 6 heteroatoms. The Morgan fingerprint density at radius 2 is 1.35 bits per heavy atom. The minimum absolute atomic E-state index is 0.110. The molecular formula is C20H37P5S. The highest BCUT2D eigenvalue weighted by atomic mass is 32.5. The summed E-state index contributed by atoms with van der Waals surface area (Å²) in [7, 11) is 3.19. The lowest BCUT2D eigenvalue weighted by Crippen LogP contribution is -2.52. The minimum atomic E-state index is -1.60. The van der Waals surface area contributed by atoms with E-state index in [9.17, 15) is 0 Å². The lowest BCUT2D eigenvalue weighted by molar-refractivity contribution is 0.253. The Kier molecular flexibility index (Phi) is 4.06. The summed E-state index contributed by atoms with van der Waals surface area (Å²) in [6.07, 6.45) is 0. The molecule has 7 atom stereocenters. The van der Waals surface area contributed by atoms with Gasteiger partial charge in [0.1, 0.15) is 0 Å². The molecule has 148 valence electrons. The first-order valence-electron chi connectivity index (χ1n) is 9.90. The third-order valence-electron chi connectivity index (χ3n) is 7.12. The first kappa shape index (κ1) is 21.3. The fourth-order valence-electron chi connectivity index (χ4n) is 6.48. The van der Waals surface area contributed by atoms with Crippen LogP contribution in [-0.4, -0.2) is 19.5 Å². The van der Waals surface area contributed by atoms with Gasteiger partial charge in [-0.3, -0.25) is 0 Å². The molecule has 0 aromatic rings. The zero-order chi connectivity index (χ0) is 20.1. The standard InChI is InChI=1S/C20H37P5S/c1-14(2,3)13-21-18(15(4,5)6)19(16(7,8)9)22-24-20(23(18)24,17(10,11)12)25(13,19)26/h22H,1-12H3/t18-,19-,20+,23+,24+,25+/m1/s1. The molecule has 0 amide bonds. The van der Waals surface area contributed by atoms with Crippen molar-refractivity contribution in [1.29, 1.82) is 0 Å². The second kappa shape index (κ2) is 4.95. The molecule has 0 spiro atoms. The second-order valence-electron chi connectivity index (χ2n) is 12.8. The monoisotopic (exact) mass is 464 g/mol. The molecule has 0 radical (unpaired) electrons. The number of hydrogen-bond donors (Lipinski definition) is 0. The predicted molar refractivity (Wildman–Crippen MR) is 134 cm³/mol. The first-order valence-corrected chi connectivity index (χ1v) is 18.8. The lowest BCUT2D eigenvalue weighted by atomic mass is 9.78. The van der Waals surface area contributed by atoms with Gasteiger partial charge in [0, 0.05) is 10.9 Å². The maximum Gasteiger partial charge on any atom is 0.0619 e. The highest BCUT2D eigenvalue weighted by Crippen LogP contribution is 3.39. The molecule has 0 aromatic heterocycles. The summed E-state index contributed by atoms with van der Waals surface area (Å²) in [4.78, 5) is 0.929. The topological polar surface area (TPSA) is 0 Å². The van der Waals surface area contributed by atoms with Crippen LogP contribution in [0, 0.1) is 21.7 Å². The maximum atomic E-state index is 7.18. The molecule has 0 aromatic carbocycles. The molecule has 5 aliphatic rings. The quantitative estimate of drug-likeness (QED) is 0.322. The summed E-state index contributed by atoms with van der Waals surface area (Å²) in [6.45, 7) is 30.6. The van der Waals surface area contributed by atoms with E-state index < -0.39 is 6.04 Å². The molecule has 4 fully saturated rings.